The summed E-state index contributed by atoms with van der Waals surface area (Å²) in [7, 11) is 0. The lowest BCUT2D eigenvalue weighted by atomic mass is 10.1. The van der Waals surface area contributed by atoms with Gasteiger partial charge in [-0.1, -0.05) is 6.07 Å². The van der Waals surface area contributed by atoms with Crippen molar-refractivity contribution in [2.45, 2.75) is 6.42 Å². The van der Waals surface area contributed by atoms with Gasteiger partial charge in [0.15, 0.2) is 0 Å². The zero-order valence-electron chi connectivity index (χ0n) is 9.36. The summed E-state index contributed by atoms with van der Waals surface area (Å²) in [6.45, 7) is 0. The predicted molar refractivity (Wildman–Crippen MR) is 72.7 cm³/mol. The lowest BCUT2D eigenvalue weighted by Crippen LogP contribution is -2.11. The highest BCUT2D eigenvalue weighted by Gasteiger charge is 2.14. The molecule has 0 bridgehead atoms. The van der Waals surface area contributed by atoms with Crippen LogP contribution in [-0.2, 0) is 6.42 Å². The van der Waals surface area contributed by atoms with Gasteiger partial charge >= 0.3 is 0 Å². The number of hydrogen-bond acceptors (Lipinski definition) is 5. The highest BCUT2D eigenvalue weighted by atomic mass is 32.1. The summed E-state index contributed by atoms with van der Waals surface area (Å²) in [5.74, 6) is 0.556. The third-order valence-corrected chi connectivity index (χ3v) is 3.62. The van der Waals surface area contributed by atoms with E-state index in [4.69, 9.17) is 11.5 Å². The molecule has 0 saturated carbocycles. The van der Waals surface area contributed by atoms with Crippen LogP contribution >= 0.6 is 11.3 Å². The Morgan fingerprint density at radius 3 is 2.89 bits per heavy atom. The van der Waals surface area contributed by atoms with Crippen LogP contribution in [0.15, 0.2) is 22.3 Å². The van der Waals surface area contributed by atoms with Crippen molar-refractivity contribution in [2.75, 3.05) is 11.5 Å². The molecule has 3 aromatic rings. The second kappa shape index (κ2) is 3.88. The third-order valence-electron chi connectivity index (χ3n) is 2.74. The number of aromatic nitrogens is 3. The highest BCUT2D eigenvalue weighted by molar-refractivity contribution is 7.09. The van der Waals surface area contributed by atoms with Crippen LogP contribution in [-0.4, -0.2) is 15.0 Å². The van der Waals surface area contributed by atoms with Crippen molar-refractivity contribution in [1.82, 2.24) is 15.0 Å². The Labute approximate surface area is 106 Å². The second-order valence-electron chi connectivity index (χ2n) is 3.95. The van der Waals surface area contributed by atoms with Gasteiger partial charge in [-0.25, -0.2) is 4.98 Å². The van der Waals surface area contributed by atoms with Gasteiger partial charge in [0.05, 0.1) is 0 Å². The molecule has 0 aliphatic heterocycles. The minimum Gasteiger partial charge on any atom is -0.385 e. The number of thiophene rings is 1. The quantitative estimate of drug-likeness (QED) is 0.552. The van der Waals surface area contributed by atoms with E-state index in [1.807, 2.05) is 17.5 Å². The first-order chi connectivity index (χ1) is 8.65. The van der Waals surface area contributed by atoms with Crippen molar-refractivity contribution in [2.24, 2.45) is 0 Å². The van der Waals surface area contributed by atoms with E-state index in [0.717, 1.165) is 10.4 Å². The van der Waals surface area contributed by atoms with Crippen LogP contribution in [0.3, 0.4) is 0 Å². The lowest BCUT2D eigenvalue weighted by molar-refractivity contribution is 1.17. The standard InChI is InChI=1S/C11H11N5OS/c12-9-6(4-5-2-1-3-18-5)7-8(14-9)10(17)16-11(13)15-7/h1-3,14H,4,12H2,(H3,13,15,16,17). The van der Waals surface area contributed by atoms with Crippen molar-refractivity contribution >= 4 is 34.1 Å². The summed E-state index contributed by atoms with van der Waals surface area (Å²) in [6.07, 6.45) is 0.638. The molecule has 6 N–H and O–H groups in total. The number of nitrogens with zero attached hydrogens (tertiary/aromatic N) is 1. The number of anilines is 2. The minimum atomic E-state index is -0.304. The molecular weight excluding hydrogens is 250 g/mol. The fraction of sp³-hybridized carbons (Fsp3) is 0.0909. The Morgan fingerprint density at radius 1 is 1.33 bits per heavy atom. The Bertz CT molecular complexity index is 756. The molecule has 92 valence electrons. The Morgan fingerprint density at radius 2 is 2.17 bits per heavy atom. The molecule has 3 heterocycles. The van der Waals surface area contributed by atoms with Crippen LogP contribution < -0.4 is 17.0 Å². The summed E-state index contributed by atoms with van der Waals surface area (Å²) in [4.78, 5) is 22.3. The van der Waals surface area contributed by atoms with Gasteiger partial charge in [0.25, 0.3) is 5.56 Å². The van der Waals surface area contributed by atoms with E-state index < -0.39 is 0 Å². The van der Waals surface area contributed by atoms with Crippen LogP contribution in [0, 0.1) is 0 Å². The SMILES string of the molecule is Nc1nc2c(Cc3cccs3)c(N)[nH]c2c(=O)[nH]1. The maximum atomic E-state index is 11.7. The van der Waals surface area contributed by atoms with E-state index in [1.54, 1.807) is 11.3 Å². The number of nitrogen functional groups attached to an aromatic ring is 2. The summed E-state index contributed by atoms with van der Waals surface area (Å²) >= 11 is 1.63. The van der Waals surface area contributed by atoms with Gasteiger partial charge in [0.1, 0.15) is 16.9 Å². The zero-order chi connectivity index (χ0) is 12.7. The van der Waals surface area contributed by atoms with E-state index in [1.165, 1.54) is 0 Å². The number of nitrogens with one attached hydrogen (secondary N) is 2. The van der Waals surface area contributed by atoms with Gasteiger partial charge < -0.3 is 16.5 Å². The van der Waals surface area contributed by atoms with Crippen molar-refractivity contribution in [3.05, 3.63) is 38.3 Å². The molecular formula is C11H11N5OS. The van der Waals surface area contributed by atoms with Crippen LogP contribution in [0.4, 0.5) is 11.8 Å². The molecule has 0 spiro atoms. The van der Waals surface area contributed by atoms with Crippen LogP contribution in [0.1, 0.15) is 10.4 Å². The molecule has 0 saturated heterocycles. The molecule has 0 radical (unpaired) electrons. The first kappa shape index (κ1) is 10.8. The van der Waals surface area contributed by atoms with Crippen molar-refractivity contribution in [3.63, 3.8) is 0 Å². The van der Waals surface area contributed by atoms with Crippen LogP contribution in [0.5, 0.6) is 0 Å². The van der Waals surface area contributed by atoms with Gasteiger partial charge in [-0.2, -0.15) is 0 Å². The predicted octanol–water partition coefficient (Wildman–Crippen LogP) is 1.07. The van der Waals surface area contributed by atoms with E-state index in [0.29, 0.717) is 23.3 Å². The average Bonchev–Trinajstić information content (AvgIpc) is 2.91. The number of fused-ring (bicyclic) bond motifs is 1. The second-order valence-corrected chi connectivity index (χ2v) is 4.98. The molecule has 3 rings (SSSR count). The third kappa shape index (κ3) is 1.65. The molecule has 0 aliphatic rings. The van der Waals surface area contributed by atoms with Crippen molar-refractivity contribution in [3.8, 4) is 0 Å². The zero-order valence-corrected chi connectivity index (χ0v) is 10.2. The molecule has 18 heavy (non-hydrogen) atoms. The summed E-state index contributed by atoms with van der Waals surface area (Å²) in [5, 5.41) is 2.00. The highest BCUT2D eigenvalue weighted by Crippen LogP contribution is 2.25. The molecule has 0 aromatic carbocycles. The van der Waals surface area contributed by atoms with Gasteiger partial charge in [-0.15, -0.1) is 11.3 Å². The van der Waals surface area contributed by atoms with E-state index >= 15 is 0 Å². The van der Waals surface area contributed by atoms with E-state index in [-0.39, 0.29) is 11.5 Å². The number of aromatic amines is 2. The maximum Gasteiger partial charge on any atom is 0.276 e. The van der Waals surface area contributed by atoms with Gasteiger partial charge in [0.2, 0.25) is 5.95 Å². The summed E-state index contributed by atoms with van der Waals surface area (Å²) in [6, 6.07) is 3.99. The number of hydrogen-bond donors (Lipinski definition) is 4. The lowest BCUT2D eigenvalue weighted by Gasteiger charge is -1.98. The number of nitrogens with two attached hydrogens (primary N) is 2. The maximum absolute atomic E-state index is 11.7. The molecule has 0 atom stereocenters. The van der Waals surface area contributed by atoms with Gasteiger partial charge in [0, 0.05) is 16.9 Å². The largest absolute Gasteiger partial charge is 0.385 e. The monoisotopic (exact) mass is 261 g/mol. The van der Waals surface area contributed by atoms with Crippen LogP contribution in [0.2, 0.25) is 0 Å². The van der Waals surface area contributed by atoms with Gasteiger partial charge in [-0.3, -0.25) is 9.78 Å². The smallest absolute Gasteiger partial charge is 0.276 e. The normalized spacial score (nSPS) is 11.1. The van der Waals surface area contributed by atoms with Gasteiger partial charge in [-0.05, 0) is 11.4 Å². The molecule has 3 aromatic heterocycles. The molecule has 0 fully saturated rings. The molecule has 0 aliphatic carbocycles. The fourth-order valence-electron chi connectivity index (χ4n) is 1.93. The Kier molecular flexibility index (Phi) is 2.34. The Hall–Kier alpha value is -2.28. The van der Waals surface area contributed by atoms with E-state index in [9.17, 15) is 4.79 Å². The molecule has 0 unspecified atom stereocenters. The number of H-pyrrole nitrogens is 2. The molecule has 7 heteroatoms. The average molecular weight is 261 g/mol. The molecule has 0 amide bonds. The first-order valence-corrected chi connectivity index (χ1v) is 6.21. The van der Waals surface area contributed by atoms with E-state index in [2.05, 4.69) is 15.0 Å². The topological polar surface area (TPSA) is 114 Å². The molecule has 6 nitrogen and oxygen atoms in total. The van der Waals surface area contributed by atoms with Crippen LogP contribution in [0.25, 0.3) is 11.0 Å². The summed E-state index contributed by atoms with van der Waals surface area (Å²) < 4.78 is 0. The minimum absolute atomic E-state index is 0.0962. The Balaban J connectivity index is 2.22. The number of rotatable bonds is 2. The first-order valence-electron chi connectivity index (χ1n) is 5.33. The fourth-order valence-corrected chi connectivity index (χ4v) is 2.65. The van der Waals surface area contributed by atoms with Crippen molar-refractivity contribution in [1.29, 1.82) is 0 Å². The van der Waals surface area contributed by atoms with Crippen molar-refractivity contribution < 1.29 is 0 Å². The summed E-state index contributed by atoms with van der Waals surface area (Å²) in [5.41, 5.74) is 12.9.